The highest BCUT2D eigenvalue weighted by Gasteiger charge is 2.18. The molecule has 11 aliphatic rings. The quantitative estimate of drug-likeness (QED) is 0.185. The van der Waals surface area contributed by atoms with Gasteiger partial charge < -0.3 is 52.1 Å². The van der Waals surface area contributed by atoms with Crippen molar-refractivity contribution in [2.75, 3.05) is 72.7 Å². The van der Waals surface area contributed by atoms with Gasteiger partial charge in [-0.2, -0.15) is 0 Å². The van der Waals surface area contributed by atoms with Crippen molar-refractivity contribution in [2.45, 2.75) is 209 Å². The van der Waals surface area contributed by atoms with E-state index < -0.39 is 0 Å². The van der Waals surface area contributed by atoms with Crippen LogP contribution in [-0.4, -0.2) is 97.1 Å². The lowest BCUT2D eigenvalue weighted by atomic mass is 9.98. The van der Waals surface area contributed by atoms with Gasteiger partial charge in [-0.1, -0.05) is 189 Å². The fourth-order valence-corrected chi connectivity index (χ4v) is 9.00. The molecule has 11 heterocycles. The average molecular weight is 1230 g/mol. The van der Waals surface area contributed by atoms with Gasteiger partial charge in [-0.05, 0) is 112 Å². The van der Waals surface area contributed by atoms with Crippen LogP contribution in [0.1, 0.15) is 184 Å². The maximum atomic E-state index is 5.30. The first-order valence-corrected chi connectivity index (χ1v) is 34.1. The fourth-order valence-electron chi connectivity index (χ4n) is 9.00. The minimum Gasteiger partial charge on any atom is -0.501 e. The summed E-state index contributed by atoms with van der Waals surface area (Å²) in [5, 5.41) is 0. The van der Waals surface area contributed by atoms with Crippen molar-refractivity contribution in [3.63, 3.8) is 0 Å². The molecule has 506 valence electrons. The Morgan fingerprint density at radius 1 is 0.364 bits per heavy atom. The van der Waals surface area contributed by atoms with Crippen LogP contribution in [0.25, 0.3) is 0 Å². The number of hydrogen-bond donors (Lipinski definition) is 0. The lowest BCUT2D eigenvalue weighted by Crippen LogP contribution is -2.12. The summed E-state index contributed by atoms with van der Waals surface area (Å²) in [5.74, 6) is 9.83. The molecule has 0 aromatic heterocycles. The zero-order valence-electron chi connectivity index (χ0n) is 59.9. The SMILES string of the molecule is CC(C)C1=CCCO1.CC(C)C1=CCOC1.CC(C)C1=CCOC1.CC(C)C1=COCC1.CC(C)C1=COCC1.CC(C)C1C=CCO1.CC(C)C1C=CCO1.CC(C)C1C=COC1.CC(C)C1C=COC1.CC(C)C1CC=CO1.CC(C)C1CC=CO1. The van der Waals surface area contributed by atoms with Gasteiger partial charge in [0, 0.05) is 49.9 Å². The molecular weight excluding hydrogens is 1100 g/mol. The van der Waals surface area contributed by atoms with Crippen LogP contribution < -0.4 is 0 Å². The minimum atomic E-state index is 0.384. The minimum absolute atomic E-state index is 0.384. The van der Waals surface area contributed by atoms with E-state index in [9.17, 15) is 0 Å². The topological polar surface area (TPSA) is 102 Å². The molecule has 88 heavy (non-hydrogen) atoms. The van der Waals surface area contributed by atoms with Gasteiger partial charge >= 0.3 is 0 Å². The van der Waals surface area contributed by atoms with Gasteiger partial charge in [0.2, 0.25) is 0 Å². The smallest absolute Gasteiger partial charge is 0.104 e. The predicted octanol–water partition coefficient (Wildman–Crippen LogP) is 19.7. The molecule has 11 rings (SSSR count). The van der Waals surface area contributed by atoms with Crippen molar-refractivity contribution in [2.24, 2.45) is 76.9 Å². The molecule has 6 unspecified atom stereocenters. The molecule has 0 aromatic rings. The summed E-state index contributed by atoms with van der Waals surface area (Å²) in [5.41, 5.74) is 5.80. The van der Waals surface area contributed by atoms with Crippen LogP contribution in [0.4, 0.5) is 0 Å². The van der Waals surface area contributed by atoms with Gasteiger partial charge in [0.05, 0.1) is 128 Å². The van der Waals surface area contributed by atoms with E-state index in [0.29, 0.717) is 89.5 Å². The van der Waals surface area contributed by atoms with E-state index in [1.54, 1.807) is 25.0 Å². The van der Waals surface area contributed by atoms with E-state index in [1.807, 2.05) is 12.5 Å². The third kappa shape index (κ3) is 39.0. The molecule has 0 spiro atoms. The van der Waals surface area contributed by atoms with Crippen molar-refractivity contribution in [3.05, 3.63) is 132 Å². The molecule has 11 heteroatoms. The first kappa shape index (κ1) is 81.6. The number of allylic oxidation sites excluding steroid dienone is 1. The van der Waals surface area contributed by atoms with Crippen LogP contribution in [0.3, 0.4) is 0 Å². The second-order valence-corrected chi connectivity index (χ2v) is 27.4. The average Bonchev–Trinajstić information content (AvgIpc) is 4.34. The molecule has 0 bridgehead atoms. The lowest BCUT2D eigenvalue weighted by Gasteiger charge is -2.12. The number of rotatable bonds is 11. The molecular formula is C77H132O11. The number of ether oxygens (including phenoxy) is 11. The third-order valence-corrected chi connectivity index (χ3v) is 16.0. The van der Waals surface area contributed by atoms with Gasteiger partial charge in [0.1, 0.15) is 12.2 Å². The summed E-state index contributed by atoms with van der Waals surface area (Å²) < 4.78 is 56.8. The molecule has 0 saturated heterocycles. The normalized spacial score (nSPS) is 23.4. The van der Waals surface area contributed by atoms with Gasteiger partial charge in [0.25, 0.3) is 0 Å². The fraction of sp³-hybridized carbons (Fsp3) is 0.714. The van der Waals surface area contributed by atoms with Gasteiger partial charge in [-0.15, -0.1) is 0 Å². The summed E-state index contributed by atoms with van der Waals surface area (Å²) in [6.07, 6.45) is 41.5. The summed E-state index contributed by atoms with van der Waals surface area (Å²) in [7, 11) is 0. The Kier molecular flexibility index (Phi) is 45.7. The Morgan fingerprint density at radius 2 is 0.761 bits per heavy atom. The van der Waals surface area contributed by atoms with Crippen molar-refractivity contribution < 1.29 is 52.1 Å². The molecule has 0 fully saturated rings. The molecule has 0 saturated carbocycles. The Balaban J connectivity index is 0.000000484. The van der Waals surface area contributed by atoms with Crippen LogP contribution >= 0.6 is 0 Å². The van der Waals surface area contributed by atoms with Gasteiger partial charge in [-0.25, -0.2) is 0 Å². The third-order valence-electron chi connectivity index (χ3n) is 16.0. The predicted molar refractivity (Wildman–Crippen MR) is 369 cm³/mol. The summed E-state index contributed by atoms with van der Waals surface area (Å²) in [4.78, 5) is 0. The second kappa shape index (κ2) is 49.3. The maximum Gasteiger partial charge on any atom is 0.104 e. The van der Waals surface area contributed by atoms with Crippen molar-refractivity contribution in [3.8, 4) is 0 Å². The first-order valence-electron chi connectivity index (χ1n) is 34.1. The van der Waals surface area contributed by atoms with E-state index in [4.69, 9.17) is 52.1 Å². The summed E-state index contributed by atoms with van der Waals surface area (Å²) >= 11 is 0. The van der Waals surface area contributed by atoms with Crippen molar-refractivity contribution in [1.29, 1.82) is 0 Å². The molecule has 0 radical (unpaired) electrons. The van der Waals surface area contributed by atoms with Crippen molar-refractivity contribution >= 4 is 0 Å². The van der Waals surface area contributed by atoms with Crippen LogP contribution in [-0.2, 0) is 52.1 Å². The Hall–Kier alpha value is -4.42. The maximum absolute atomic E-state index is 5.30. The molecule has 0 amide bonds. The Morgan fingerprint density at radius 3 is 0.898 bits per heavy atom. The molecule has 0 aliphatic carbocycles. The molecule has 11 nitrogen and oxygen atoms in total. The van der Waals surface area contributed by atoms with Crippen LogP contribution in [0.15, 0.2) is 132 Å². The van der Waals surface area contributed by atoms with E-state index in [1.165, 1.54) is 28.1 Å². The lowest BCUT2D eigenvalue weighted by molar-refractivity contribution is 0.0935. The van der Waals surface area contributed by atoms with E-state index >= 15 is 0 Å². The number of hydrogen-bond acceptors (Lipinski definition) is 11. The van der Waals surface area contributed by atoms with Crippen molar-refractivity contribution in [1.82, 2.24) is 0 Å². The first-order chi connectivity index (χ1) is 41.8. The van der Waals surface area contributed by atoms with Crippen LogP contribution in [0.2, 0.25) is 0 Å². The van der Waals surface area contributed by atoms with Gasteiger partial charge in [0.15, 0.2) is 0 Å². The largest absolute Gasteiger partial charge is 0.501 e. The highest BCUT2D eigenvalue weighted by Crippen LogP contribution is 2.23. The summed E-state index contributed by atoms with van der Waals surface area (Å²) in [6.45, 7) is 57.5. The summed E-state index contributed by atoms with van der Waals surface area (Å²) in [6, 6.07) is 0. The molecule has 0 N–H and O–H groups in total. The molecule has 6 atom stereocenters. The highest BCUT2D eigenvalue weighted by atomic mass is 16.5. The Labute approximate surface area is 540 Å². The van der Waals surface area contributed by atoms with Gasteiger partial charge in [-0.3, -0.25) is 0 Å². The Bertz CT molecular complexity index is 1800. The van der Waals surface area contributed by atoms with Crippen LogP contribution in [0, 0.1) is 76.9 Å². The van der Waals surface area contributed by atoms with E-state index in [0.717, 1.165) is 117 Å². The zero-order valence-corrected chi connectivity index (χ0v) is 59.9. The highest BCUT2D eigenvalue weighted by molar-refractivity contribution is 5.10. The monoisotopic (exact) mass is 1230 g/mol. The molecule has 11 aliphatic heterocycles. The zero-order chi connectivity index (χ0) is 65.8. The van der Waals surface area contributed by atoms with E-state index in [-0.39, 0.29) is 0 Å². The second-order valence-electron chi connectivity index (χ2n) is 27.4. The standard InChI is InChI=1S/11C7H12O/c6*1-6(2)7-3-4-8-5-7;5*1-6(2)7-4-3-5-8-7/h2*5-6H,3-4H2,1-2H3;2*3,6H,4-5H2,1-2H3;2*3-4,6-7H,5H2,1-2H3;4,6H,3,5H2,1-2H3;2*3,5-7H,4H2,1-2H3;2*3-4,6-7H,5H2,1-2H3. The van der Waals surface area contributed by atoms with Crippen LogP contribution in [0.5, 0.6) is 0 Å². The molecule has 0 aromatic carbocycles. The van der Waals surface area contributed by atoms with E-state index in [2.05, 4.69) is 219 Å².